The van der Waals surface area contributed by atoms with Crippen LogP contribution in [0.2, 0.25) is 0 Å². The van der Waals surface area contributed by atoms with Crippen molar-refractivity contribution < 1.29 is 4.74 Å². The molecule has 0 radical (unpaired) electrons. The molecule has 0 saturated carbocycles. The van der Waals surface area contributed by atoms with Gasteiger partial charge in [-0.05, 0) is 24.8 Å². The summed E-state index contributed by atoms with van der Waals surface area (Å²) in [5, 5.41) is 3.37. The Morgan fingerprint density at radius 2 is 1.89 bits per heavy atom. The van der Waals surface area contributed by atoms with Gasteiger partial charge in [-0.2, -0.15) is 0 Å². The summed E-state index contributed by atoms with van der Waals surface area (Å²) in [5.74, 6) is 1.58. The van der Waals surface area contributed by atoms with Gasteiger partial charge in [-0.15, -0.1) is 0 Å². The molecule has 0 aliphatic heterocycles. The van der Waals surface area contributed by atoms with Crippen LogP contribution < -0.4 is 5.32 Å². The molecular weight excluding hydrogens is 226 g/mol. The quantitative estimate of drug-likeness (QED) is 0.844. The van der Waals surface area contributed by atoms with Crippen molar-refractivity contribution in [1.82, 2.24) is 9.97 Å². The van der Waals surface area contributed by atoms with Gasteiger partial charge in [0.15, 0.2) is 0 Å². The summed E-state index contributed by atoms with van der Waals surface area (Å²) in [7, 11) is 1.72. The maximum absolute atomic E-state index is 5.23. The zero-order valence-corrected chi connectivity index (χ0v) is 12.3. The summed E-state index contributed by atoms with van der Waals surface area (Å²) in [5.41, 5.74) is 2.07. The van der Waals surface area contributed by atoms with E-state index in [2.05, 4.69) is 43.0 Å². The van der Waals surface area contributed by atoms with Crippen LogP contribution in [0.1, 0.15) is 45.0 Å². The highest BCUT2D eigenvalue weighted by Crippen LogP contribution is 2.16. The van der Waals surface area contributed by atoms with Gasteiger partial charge in [-0.1, -0.05) is 27.7 Å². The summed E-state index contributed by atoms with van der Waals surface area (Å²) < 4.78 is 5.23. The van der Waals surface area contributed by atoms with Gasteiger partial charge in [0.05, 0.1) is 12.6 Å². The first-order chi connectivity index (χ1) is 8.43. The maximum atomic E-state index is 5.23. The van der Waals surface area contributed by atoms with Crippen LogP contribution in [0.5, 0.6) is 0 Å². The average molecular weight is 251 g/mol. The van der Waals surface area contributed by atoms with Crippen molar-refractivity contribution in [2.24, 2.45) is 5.92 Å². The van der Waals surface area contributed by atoms with E-state index in [-0.39, 0.29) is 6.04 Å². The molecule has 0 bridgehead atoms. The Morgan fingerprint density at radius 1 is 1.22 bits per heavy atom. The predicted octanol–water partition coefficient (Wildman–Crippen LogP) is 2.99. The second-order valence-electron chi connectivity index (χ2n) is 5.36. The van der Waals surface area contributed by atoms with Crippen molar-refractivity contribution in [3.05, 3.63) is 17.5 Å². The topological polar surface area (TPSA) is 47.0 Å². The number of nitrogens with zero attached hydrogens (tertiary/aromatic N) is 2. The van der Waals surface area contributed by atoms with Crippen LogP contribution in [0.4, 0.5) is 5.95 Å². The molecule has 1 aromatic heterocycles. The number of aromatic nitrogens is 2. The Bertz CT molecular complexity index is 377. The van der Waals surface area contributed by atoms with E-state index in [1.165, 1.54) is 0 Å². The van der Waals surface area contributed by atoms with E-state index < -0.39 is 0 Å². The molecule has 0 aromatic carbocycles. The molecule has 4 heteroatoms. The molecule has 102 valence electrons. The van der Waals surface area contributed by atoms with Gasteiger partial charge >= 0.3 is 0 Å². The lowest BCUT2D eigenvalue weighted by Gasteiger charge is -2.22. The minimum absolute atomic E-state index is 0.233. The fourth-order valence-corrected chi connectivity index (χ4v) is 1.70. The summed E-state index contributed by atoms with van der Waals surface area (Å²) in [4.78, 5) is 9.00. The number of rotatable bonds is 6. The van der Waals surface area contributed by atoms with Gasteiger partial charge in [0.1, 0.15) is 0 Å². The fraction of sp³-hybridized carbons (Fsp3) is 0.714. The SMILES string of the molecule is COCC(Nc1nc(C)cc(C(C)C)n1)C(C)C. The molecule has 1 atom stereocenters. The normalized spacial score (nSPS) is 13.1. The lowest BCUT2D eigenvalue weighted by Crippen LogP contribution is -2.31. The van der Waals surface area contributed by atoms with Crippen LogP contribution in [0.15, 0.2) is 6.07 Å². The van der Waals surface area contributed by atoms with Crippen molar-refractivity contribution in [2.45, 2.75) is 46.6 Å². The van der Waals surface area contributed by atoms with E-state index in [0.29, 0.717) is 24.4 Å². The van der Waals surface area contributed by atoms with Crippen LogP contribution in [0.3, 0.4) is 0 Å². The monoisotopic (exact) mass is 251 g/mol. The molecule has 1 N–H and O–H groups in total. The van der Waals surface area contributed by atoms with Crippen molar-refractivity contribution in [1.29, 1.82) is 0 Å². The first-order valence-electron chi connectivity index (χ1n) is 6.55. The van der Waals surface area contributed by atoms with E-state index in [9.17, 15) is 0 Å². The third-order valence-corrected chi connectivity index (χ3v) is 2.93. The smallest absolute Gasteiger partial charge is 0.223 e. The Kier molecular flexibility index (Phi) is 5.54. The number of hydrogen-bond donors (Lipinski definition) is 1. The largest absolute Gasteiger partial charge is 0.383 e. The second-order valence-corrected chi connectivity index (χ2v) is 5.36. The highest BCUT2D eigenvalue weighted by Gasteiger charge is 2.15. The van der Waals surface area contributed by atoms with Crippen molar-refractivity contribution >= 4 is 5.95 Å². The van der Waals surface area contributed by atoms with Gasteiger partial charge in [0, 0.05) is 18.5 Å². The molecule has 0 aliphatic carbocycles. The molecule has 0 saturated heterocycles. The summed E-state index contributed by atoms with van der Waals surface area (Å²) in [6, 6.07) is 2.27. The molecule has 0 fully saturated rings. The van der Waals surface area contributed by atoms with Crippen LogP contribution >= 0.6 is 0 Å². The van der Waals surface area contributed by atoms with E-state index in [1.54, 1.807) is 7.11 Å². The lowest BCUT2D eigenvalue weighted by atomic mass is 10.1. The number of ether oxygens (including phenoxy) is 1. The van der Waals surface area contributed by atoms with E-state index >= 15 is 0 Å². The van der Waals surface area contributed by atoms with Gasteiger partial charge in [-0.25, -0.2) is 9.97 Å². The van der Waals surface area contributed by atoms with Gasteiger partial charge in [-0.3, -0.25) is 0 Å². The third-order valence-electron chi connectivity index (χ3n) is 2.93. The average Bonchev–Trinajstić information content (AvgIpc) is 2.27. The lowest BCUT2D eigenvalue weighted by molar-refractivity contribution is 0.171. The van der Waals surface area contributed by atoms with Gasteiger partial charge in [0.25, 0.3) is 0 Å². The van der Waals surface area contributed by atoms with Crippen LogP contribution in [0, 0.1) is 12.8 Å². The minimum Gasteiger partial charge on any atom is -0.383 e. The maximum Gasteiger partial charge on any atom is 0.223 e. The van der Waals surface area contributed by atoms with Crippen LogP contribution in [-0.4, -0.2) is 29.7 Å². The van der Waals surface area contributed by atoms with E-state index in [4.69, 9.17) is 4.74 Å². The van der Waals surface area contributed by atoms with Crippen molar-refractivity contribution in [2.75, 3.05) is 19.0 Å². The Labute approximate surface area is 110 Å². The fourth-order valence-electron chi connectivity index (χ4n) is 1.70. The molecule has 4 nitrogen and oxygen atoms in total. The molecule has 1 heterocycles. The molecule has 1 aromatic rings. The Morgan fingerprint density at radius 3 is 2.39 bits per heavy atom. The molecule has 18 heavy (non-hydrogen) atoms. The first kappa shape index (κ1) is 14.9. The van der Waals surface area contributed by atoms with Crippen molar-refractivity contribution in [3.8, 4) is 0 Å². The number of anilines is 1. The molecule has 0 spiro atoms. The molecule has 1 rings (SSSR count). The standard InChI is InChI=1S/C14H25N3O/c1-9(2)12-7-11(5)15-14(16-12)17-13(8-18-6)10(3)4/h7,9-10,13H,8H2,1-6H3,(H,15,16,17). The zero-order valence-electron chi connectivity index (χ0n) is 12.3. The molecule has 0 aliphatic rings. The number of nitrogens with one attached hydrogen (secondary N) is 1. The summed E-state index contributed by atoms with van der Waals surface area (Å²) >= 11 is 0. The summed E-state index contributed by atoms with van der Waals surface area (Å²) in [6.45, 7) is 11.3. The molecular formula is C14H25N3O. The van der Waals surface area contributed by atoms with E-state index in [1.807, 2.05) is 13.0 Å². The van der Waals surface area contributed by atoms with Crippen molar-refractivity contribution in [3.63, 3.8) is 0 Å². The Hall–Kier alpha value is -1.16. The summed E-state index contributed by atoms with van der Waals surface area (Å²) in [6.07, 6.45) is 0. The highest BCUT2D eigenvalue weighted by atomic mass is 16.5. The molecule has 0 amide bonds. The van der Waals surface area contributed by atoms with Gasteiger partial charge in [0.2, 0.25) is 5.95 Å². The second kappa shape index (κ2) is 6.69. The first-order valence-corrected chi connectivity index (χ1v) is 6.55. The number of aryl methyl sites for hydroxylation is 1. The van der Waals surface area contributed by atoms with Gasteiger partial charge < -0.3 is 10.1 Å². The zero-order chi connectivity index (χ0) is 13.7. The number of methoxy groups -OCH3 is 1. The van der Waals surface area contributed by atoms with Crippen LogP contribution in [0.25, 0.3) is 0 Å². The molecule has 1 unspecified atom stereocenters. The third kappa shape index (κ3) is 4.26. The van der Waals surface area contributed by atoms with Crippen LogP contribution in [-0.2, 0) is 4.74 Å². The van der Waals surface area contributed by atoms with E-state index in [0.717, 1.165) is 11.4 Å². The Balaban J connectivity index is 2.88. The minimum atomic E-state index is 0.233. The highest BCUT2D eigenvalue weighted by molar-refractivity contribution is 5.30. The predicted molar refractivity (Wildman–Crippen MR) is 75.0 cm³/mol. The number of hydrogen-bond acceptors (Lipinski definition) is 4.